The van der Waals surface area contributed by atoms with Crippen molar-refractivity contribution in [3.05, 3.63) is 0 Å². The van der Waals surface area contributed by atoms with E-state index in [9.17, 15) is 9.90 Å². The van der Waals surface area contributed by atoms with Gasteiger partial charge in [0.25, 0.3) is 0 Å². The SMILES string of the molecule is CC(O)CC(C)(C)CNC(=O)N1CCSCC1. The molecule has 1 fully saturated rings. The summed E-state index contributed by atoms with van der Waals surface area (Å²) in [6, 6.07) is 0.0315. The zero-order valence-electron chi connectivity index (χ0n) is 11.0. The number of carbonyl (C=O) groups is 1. The highest BCUT2D eigenvalue weighted by Crippen LogP contribution is 2.21. The monoisotopic (exact) mass is 260 g/mol. The van der Waals surface area contributed by atoms with Crippen LogP contribution in [0, 0.1) is 5.41 Å². The van der Waals surface area contributed by atoms with Gasteiger partial charge in [-0.3, -0.25) is 0 Å². The van der Waals surface area contributed by atoms with Crippen molar-refractivity contribution >= 4 is 17.8 Å². The maximum Gasteiger partial charge on any atom is 0.317 e. The summed E-state index contributed by atoms with van der Waals surface area (Å²) in [7, 11) is 0. The predicted octanol–water partition coefficient (Wildman–Crippen LogP) is 1.54. The number of amides is 2. The van der Waals surface area contributed by atoms with Crippen LogP contribution in [0.3, 0.4) is 0 Å². The van der Waals surface area contributed by atoms with Crippen molar-refractivity contribution in [3.8, 4) is 0 Å². The van der Waals surface area contributed by atoms with Crippen molar-refractivity contribution in [3.63, 3.8) is 0 Å². The van der Waals surface area contributed by atoms with Crippen LogP contribution in [-0.4, -0.2) is 53.3 Å². The Kier molecular flexibility index (Phi) is 5.59. The van der Waals surface area contributed by atoms with E-state index in [0.717, 1.165) is 24.6 Å². The van der Waals surface area contributed by atoms with E-state index >= 15 is 0 Å². The molecule has 0 bridgehead atoms. The van der Waals surface area contributed by atoms with Gasteiger partial charge in [-0.05, 0) is 18.8 Å². The minimum atomic E-state index is -0.326. The maximum absolute atomic E-state index is 11.9. The molecule has 0 radical (unpaired) electrons. The first-order valence-electron chi connectivity index (χ1n) is 6.19. The normalized spacial score (nSPS) is 18.9. The molecule has 0 aromatic carbocycles. The van der Waals surface area contributed by atoms with Gasteiger partial charge in [-0.15, -0.1) is 0 Å². The topological polar surface area (TPSA) is 52.6 Å². The number of carbonyl (C=O) groups excluding carboxylic acids is 1. The zero-order valence-corrected chi connectivity index (χ0v) is 11.8. The predicted molar refractivity (Wildman–Crippen MR) is 72.4 cm³/mol. The third kappa shape index (κ3) is 5.64. The van der Waals surface area contributed by atoms with Gasteiger partial charge in [-0.2, -0.15) is 11.8 Å². The van der Waals surface area contributed by atoms with Crippen LogP contribution in [0.25, 0.3) is 0 Å². The van der Waals surface area contributed by atoms with E-state index in [1.165, 1.54) is 0 Å². The summed E-state index contributed by atoms with van der Waals surface area (Å²) in [4.78, 5) is 13.7. The number of nitrogens with zero attached hydrogens (tertiary/aromatic N) is 1. The molecule has 0 aromatic heterocycles. The molecule has 0 aliphatic carbocycles. The Morgan fingerprint density at radius 2 is 2.06 bits per heavy atom. The van der Waals surface area contributed by atoms with Gasteiger partial charge in [0.15, 0.2) is 0 Å². The fourth-order valence-corrected chi connectivity index (χ4v) is 2.97. The molecule has 2 N–H and O–H groups in total. The van der Waals surface area contributed by atoms with Crippen LogP contribution in [0.5, 0.6) is 0 Å². The Balaban J connectivity index is 2.31. The molecule has 0 saturated carbocycles. The lowest BCUT2D eigenvalue weighted by Gasteiger charge is -2.30. The van der Waals surface area contributed by atoms with Crippen LogP contribution >= 0.6 is 11.8 Å². The first kappa shape index (κ1) is 14.6. The Morgan fingerprint density at radius 1 is 1.47 bits per heavy atom. The average molecular weight is 260 g/mol. The molecular weight excluding hydrogens is 236 g/mol. The number of thioether (sulfide) groups is 1. The lowest BCUT2D eigenvalue weighted by molar-refractivity contribution is 0.127. The average Bonchev–Trinajstić information content (AvgIpc) is 2.25. The van der Waals surface area contributed by atoms with Crippen LogP contribution in [0.1, 0.15) is 27.2 Å². The Labute approximate surface area is 108 Å². The van der Waals surface area contributed by atoms with Gasteiger partial charge in [0.2, 0.25) is 0 Å². The zero-order chi connectivity index (χ0) is 12.9. The molecule has 1 atom stereocenters. The Hall–Kier alpha value is -0.420. The van der Waals surface area contributed by atoms with Gasteiger partial charge in [0, 0.05) is 31.1 Å². The van der Waals surface area contributed by atoms with E-state index < -0.39 is 0 Å². The summed E-state index contributed by atoms with van der Waals surface area (Å²) in [5.74, 6) is 2.06. The van der Waals surface area contributed by atoms with Crippen molar-refractivity contribution in [2.24, 2.45) is 5.41 Å². The molecular formula is C12H24N2O2S. The summed E-state index contributed by atoms with van der Waals surface area (Å²) in [5.41, 5.74) is -0.0611. The Bertz CT molecular complexity index is 251. The lowest BCUT2D eigenvalue weighted by Crippen LogP contribution is -2.47. The van der Waals surface area contributed by atoms with Gasteiger partial charge in [0.1, 0.15) is 0 Å². The van der Waals surface area contributed by atoms with Gasteiger partial charge in [-0.1, -0.05) is 13.8 Å². The molecule has 1 aliphatic heterocycles. The van der Waals surface area contributed by atoms with Crippen molar-refractivity contribution in [1.29, 1.82) is 0 Å². The smallest absolute Gasteiger partial charge is 0.317 e. The fourth-order valence-electron chi connectivity index (χ4n) is 2.07. The summed E-state index contributed by atoms with van der Waals surface area (Å²) >= 11 is 1.89. The summed E-state index contributed by atoms with van der Waals surface area (Å²) in [6.07, 6.45) is 0.372. The molecule has 1 unspecified atom stereocenters. The number of hydrogen-bond acceptors (Lipinski definition) is 3. The van der Waals surface area contributed by atoms with E-state index in [4.69, 9.17) is 0 Å². The second-order valence-corrected chi connectivity index (χ2v) is 6.70. The van der Waals surface area contributed by atoms with Crippen LogP contribution in [-0.2, 0) is 0 Å². The van der Waals surface area contributed by atoms with E-state index in [1.807, 2.05) is 16.7 Å². The van der Waals surface area contributed by atoms with Crippen LogP contribution in [0.2, 0.25) is 0 Å². The minimum absolute atomic E-state index is 0.0315. The van der Waals surface area contributed by atoms with E-state index in [1.54, 1.807) is 6.92 Å². The number of rotatable bonds is 4. The van der Waals surface area contributed by atoms with Gasteiger partial charge < -0.3 is 15.3 Å². The number of aliphatic hydroxyl groups is 1. The minimum Gasteiger partial charge on any atom is -0.393 e. The second-order valence-electron chi connectivity index (χ2n) is 5.48. The lowest BCUT2D eigenvalue weighted by atomic mass is 9.87. The molecule has 1 aliphatic rings. The Morgan fingerprint density at radius 3 is 2.59 bits per heavy atom. The summed E-state index contributed by atoms with van der Waals surface area (Å²) < 4.78 is 0. The van der Waals surface area contributed by atoms with Crippen molar-refractivity contribution in [2.75, 3.05) is 31.1 Å². The second kappa shape index (κ2) is 6.50. The van der Waals surface area contributed by atoms with Crippen molar-refractivity contribution < 1.29 is 9.90 Å². The molecule has 17 heavy (non-hydrogen) atoms. The summed E-state index contributed by atoms with van der Waals surface area (Å²) in [6.45, 7) is 8.20. The van der Waals surface area contributed by atoms with E-state index in [2.05, 4.69) is 19.2 Å². The number of nitrogens with one attached hydrogen (secondary N) is 1. The molecule has 1 heterocycles. The standard InChI is InChI=1S/C12H24N2O2S/c1-10(15)8-12(2,3)9-13-11(16)14-4-6-17-7-5-14/h10,15H,4-9H2,1-3H3,(H,13,16). The number of urea groups is 1. The van der Waals surface area contributed by atoms with Crippen LogP contribution in [0.4, 0.5) is 4.79 Å². The first-order valence-corrected chi connectivity index (χ1v) is 7.35. The highest BCUT2D eigenvalue weighted by atomic mass is 32.2. The molecule has 0 spiro atoms. The number of hydrogen-bond donors (Lipinski definition) is 2. The molecule has 100 valence electrons. The fraction of sp³-hybridized carbons (Fsp3) is 0.917. The van der Waals surface area contributed by atoms with Crippen LogP contribution < -0.4 is 5.32 Å². The maximum atomic E-state index is 11.9. The summed E-state index contributed by atoms with van der Waals surface area (Å²) in [5, 5.41) is 12.3. The largest absolute Gasteiger partial charge is 0.393 e. The molecule has 1 saturated heterocycles. The molecule has 2 amide bonds. The van der Waals surface area contributed by atoms with Crippen molar-refractivity contribution in [1.82, 2.24) is 10.2 Å². The molecule has 0 aromatic rings. The van der Waals surface area contributed by atoms with Crippen molar-refractivity contribution in [2.45, 2.75) is 33.3 Å². The first-order chi connectivity index (χ1) is 7.91. The highest BCUT2D eigenvalue weighted by molar-refractivity contribution is 7.99. The molecule has 4 nitrogen and oxygen atoms in total. The van der Waals surface area contributed by atoms with Gasteiger partial charge >= 0.3 is 6.03 Å². The van der Waals surface area contributed by atoms with E-state index in [0.29, 0.717) is 13.0 Å². The highest BCUT2D eigenvalue weighted by Gasteiger charge is 2.23. The van der Waals surface area contributed by atoms with Gasteiger partial charge in [-0.25, -0.2) is 4.79 Å². The van der Waals surface area contributed by atoms with Crippen LogP contribution in [0.15, 0.2) is 0 Å². The molecule has 1 rings (SSSR count). The third-order valence-corrected chi connectivity index (χ3v) is 3.81. The molecule has 5 heteroatoms. The number of aliphatic hydroxyl groups excluding tert-OH is 1. The quantitative estimate of drug-likeness (QED) is 0.806. The van der Waals surface area contributed by atoms with Gasteiger partial charge in [0.05, 0.1) is 6.10 Å². The third-order valence-electron chi connectivity index (χ3n) is 2.86. The van der Waals surface area contributed by atoms with E-state index in [-0.39, 0.29) is 17.6 Å².